The molecule has 1 unspecified atom stereocenters. The molecule has 0 aromatic rings. The van der Waals surface area contributed by atoms with Crippen molar-refractivity contribution in [3.63, 3.8) is 0 Å². The van der Waals surface area contributed by atoms with Crippen LogP contribution in [0.4, 0.5) is 0 Å². The van der Waals surface area contributed by atoms with Gasteiger partial charge in [-0.2, -0.15) is 0 Å². The van der Waals surface area contributed by atoms with E-state index >= 15 is 0 Å². The maximum absolute atomic E-state index is 9.73. The van der Waals surface area contributed by atoms with Crippen LogP contribution in [-0.4, -0.2) is 60.7 Å². The lowest BCUT2D eigenvalue weighted by Crippen LogP contribution is -2.58. The van der Waals surface area contributed by atoms with Gasteiger partial charge >= 0.3 is 0 Å². The summed E-state index contributed by atoms with van der Waals surface area (Å²) in [5.74, 6) is 0. The fourth-order valence-electron chi connectivity index (χ4n) is 2.62. The Kier molecular flexibility index (Phi) is 4.35. The van der Waals surface area contributed by atoms with Crippen LogP contribution >= 0.6 is 0 Å². The molecule has 1 rings (SSSR count). The molecule has 0 aliphatic carbocycles. The fourth-order valence-corrected chi connectivity index (χ4v) is 2.62. The van der Waals surface area contributed by atoms with Crippen molar-refractivity contribution in [1.29, 1.82) is 0 Å². The summed E-state index contributed by atoms with van der Waals surface area (Å²) in [7, 11) is 1.61. The van der Waals surface area contributed by atoms with Crippen molar-refractivity contribution in [1.82, 2.24) is 4.90 Å². The number of morpholine rings is 1. The van der Waals surface area contributed by atoms with Crippen molar-refractivity contribution >= 4 is 0 Å². The number of aliphatic hydroxyl groups is 1. The Morgan fingerprint density at radius 3 is 2.19 bits per heavy atom. The van der Waals surface area contributed by atoms with Crippen LogP contribution in [0.5, 0.6) is 0 Å². The second-order valence-corrected chi connectivity index (χ2v) is 5.90. The average molecular weight is 231 g/mol. The largest absolute Gasteiger partial charge is 0.389 e. The highest BCUT2D eigenvalue weighted by molar-refractivity contribution is 4.89. The molecule has 0 saturated carbocycles. The fraction of sp³-hybridized carbons (Fsp3) is 1.00. The molecule has 1 heterocycles. The highest BCUT2D eigenvalue weighted by Gasteiger charge is 2.38. The first-order valence-electron chi connectivity index (χ1n) is 5.84. The van der Waals surface area contributed by atoms with Gasteiger partial charge in [0.05, 0.1) is 23.9 Å². The van der Waals surface area contributed by atoms with Crippen LogP contribution in [0.3, 0.4) is 0 Å². The third kappa shape index (κ3) is 4.37. The summed E-state index contributed by atoms with van der Waals surface area (Å²) in [4.78, 5) is 2.24. The SMILES string of the molecule is COCC(O)CN1CC(C)(C)OC(C)(C)C1. The van der Waals surface area contributed by atoms with Gasteiger partial charge in [-0.05, 0) is 27.7 Å². The molecule has 16 heavy (non-hydrogen) atoms. The number of hydrogen-bond acceptors (Lipinski definition) is 4. The third-order valence-corrected chi connectivity index (χ3v) is 2.59. The Bertz CT molecular complexity index is 212. The average Bonchev–Trinajstić information content (AvgIpc) is 1.96. The number of β-amino-alcohol motifs (C(OH)–C–C–N with tert-alkyl or cyclic N) is 1. The monoisotopic (exact) mass is 231 g/mol. The van der Waals surface area contributed by atoms with Gasteiger partial charge in [-0.1, -0.05) is 0 Å². The third-order valence-electron chi connectivity index (χ3n) is 2.59. The Hall–Kier alpha value is -0.160. The van der Waals surface area contributed by atoms with Crippen molar-refractivity contribution in [3.05, 3.63) is 0 Å². The maximum Gasteiger partial charge on any atom is 0.0900 e. The van der Waals surface area contributed by atoms with E-state index in [9.17, 15) is 5.11 Å². The molecule has 1 aliphatic heterocycles. The van der Waals surface area contributed by atoms with Crippen molar-refractivity contribution in [2.45, 2.75) is 45.0 Å². The maximum atomic E-state index is 9.73. The molecule has 0 amide bonds. The molecule has 4 nitrogen and oxygen atoms in total. The molecule has 1 saturated heterocycles. The molecule has 0 spiro atoms. The van der Waals surface area contributed by atoms with E-state index < -0.39 is 6.10 Å². The molecule has 0 bridgehead atoms. The van der Waals surface area contributed by atoms with Crippen LogP contribution in [0, 0.1) is 0 Å². The first kappa shape index (κ1) is 13.9. The van der Waals surface area contributed by atoms with Crippen molar-refractivity contribution in [2.24, 2.45) is 0 Å². The molecule has 1 aliphatic rings. The lowest BCUT2D eigenvalue weighted by atomic mass is 9.98. The molecule has 4 heteroatoms. The molecule has 96 valence electrons. The van der Waals surface area contributed by atoms with Crippen LogP contribution in [-0.2, 0) is 9.47 Å². The minimum atomic E-state index is -0.422. The van der Waals surface area contributed by atoms with Gasteiger partial charge in [-0.3, -0.25) is 4.90 Å². The normalized spacial score (nSPS) is 26.6. The van der Waals surface area contributed by atoms with E-state index in [0.29, 0.717) is 13.2 Å². The standard InChI is InChI=1S/C12H25NO3/c1-11(2)8-13(6-10(14)7-15-5)9-12(3,4)16-11/h10,14H,6-9H2,1-5H3. The lowest BCUT2D eigenvalue weighted by Gasteiger charge is -2.47. The summed E-state index contributed by atoms with van der Waals surface area (Å²) in [6.07, 6.45) is -0.422. The van der Waals surface area contributed by atoms with E-state index in [2.05, 4.69) is 32.6 Å². The van der Waals surface area contributed by atoms with Crippen molar-refractivity contribution < 1.29 is 14.6 Å². The Labute approximate surface area is 98.5 Å². The molecular formula is C12H25NO3. The molecule has 1 N–H and O–H groups in total. The number of aliphatic hydroxyl groups excluding tert-OH is 1. The Balaban J connectivity index is 2.54. The minimum absolute atomic E-state index is 0.158. The summed E-state index contributed by atoms with van der Waals surface area (Å²) in [6.45, 7) is 11.1. The van der Waals surface area contributed by atoms with Gasteiger partial charge in [0.1, 0.15) is 0 Å². The van der Waals surface area contributed by atoms with Crippen molar-refractivity contribution in [3.8, 4) is 0 Å². The van der Waals surface area contributed by atoms with Crippen molar-refractivity contribution in [2.75, 3.05) is 33.4 Å². The lowest BCUT2D eigenvalue weighted by molar-refractivity contribution is -0.184. The summed E-state index contributed by atoms with van der Waals surface area (Å²) in [5, 5.41) is 9.73. The second-order valence-electron chi connectivity index (χ2n) is 5.90. The molecule has 1 atom stereocenters. The zero-order chi connectivity index (χ0) is 12.4. The zero-order valence-corrected chi connectivity index (χ0v) is 11.1. The first-order chi connectivity index (χ1) is 7.24. The van der Waals surface area contributed by atoms with Crippen LogP contribution in [0.2, 0.25) is 0 Å². The van der Waals surface area contributed by atoms with Gasteiger partial charge in [-0.15, -0.1) is 0 Å². The second kappa shape index (κ2) is 5.00. The predicted octanol–water partition coefficient (Wildman–Crippen LogP) is 0.883. The first-order valence-corrected chi connectivity index (χ1v) is 5.84. The summed E-state index contributed by atoms with van der Waals surface area (Å²) < 4.78 is 10.9. The van der Waals surface area contributed by atoms with E-state index in [1.54, 1.807) is 7.11 Å². The highest BCUT2D eigenvalue weighted by atomic mass is 16.5. The van der Waals surface area contributed by atoms with Gasteiger partial charge in [0.15, 0.2) is 0 Å². The minimum Gasteiger partial charge on any atom is -0.389 e. The van der Waals surface area contributed by atoms with E-state index in [-0.39, 0.29) is 11.2 Å². The van der Waals surface area contributed by atoms with Crippen LogP contribution in [0.15, 0.2) is 0 Å². The Morgan fingerprint density at radius 1 is 1.25 bits per heavy atom. The van der Waals surface area contributed by atoms with Crippen LogP contribution in [0.25, 0.3) is 0 Å². The van der Waals surface area contributed by atoms with E-state index in [1.165, 1.54) is 0 Å². The van der Waals surface area contributed by atoms with Gasteiger partial charge in [0.2, 0.25) is 0 Å². The van der Waals surface area contributed by atoms with Gasteiger partial charge in [0, 0.05) is 26.7 Å². The topological polar surface area (TPSA) is 41.9 Å². The number of nitrogens with zero attached hydrogens (tertiary/aromatic N) is 1. The molecule has 0 aromatic carbocycles. The van der Waals surface area contributed by atoms with Crippen LogP contribution < -0.4 is 0 Å². The number of ether oxygens (including phenoxy) is 2. The number of rotatable bonds is 4. The summed E-state index contributed by atoms with van der Waals surface area (Å²) in [6, 6.07) is 0. The van der Waals surface area contributed by atoms with E-state index in [4.69, 9.17) is 9.47 Å². The highest BCUT2D eigenvalue weighted by Crippen LogP contribution is 2.27. The molecule has 0 radical (unpaired) electrons. The summed E-state index contributed by atoms with van der Waals surface area (Å²) >= 11 is 0. The molecular weight excluding hydrogens is 206 g/mol. The molecule has 0 aromatic heterocycles. The smallest absolute Gasteiger partial charge is 0.0900 e. The van der Waals surface area contributed by atoms with Crippen LogP contribution in [0.1, 0.15) is 27.7 Å². The van der Waals surface area contributed by atoms with E-state index in [1.807, 2.05) is 0 Å². The number of hydrogen-bond donors (Lipinski definition) is 1. The van der Waals surface area contributed by atoms with Gasteiger partial charge < -0.3 is 14.6 Å². The Morgan fingerprint density at radius 2 is 1.75 bits per heavy atom. The quantitative estimate of drug-likeness (QED) is 0.780. The van der Waals surface area contributed by atoms with E-state index in [0.717, 1.165) is 13.1 Å². The number of methoxy groups -OCH3 is 1. The summed E-state index contributed by atoms with van der Waals surface area (Å²) in [5.41, 5.74) is -0.316. The zero-order valence-electron chi connectivity index (χ0n) is 11.1. The van der Waals surface area contributed by atoms with Gasteiger partial charge in [-0.25, -0.2) is 0 Å². The molecule has 1 fully saturated rings. The van der Waals surface area contributed by atoms with Gasteiger partial charge in [0.25, 0.3) is 0 Å². The predicted molar refractivity (Wildman–Crippen MR) is 63.6 cm³/mol.